The van der Waals surface area contributed by atoms with E-state index in [1.165, 1.54) is 62.4 Å². The predicted octanol–water partition coefficient (Wildman–Crippen LogP) is 7.10. The van der Waals surface area contributed by atoms with E-state index < -0.39 is 0 Å². The van der Waals surface area contributed by atoms with Gasteiger partial charge in [-0.3, -0.25) is 0 Å². The Hall–Kier alpha value is -2.29. The first-order valence-electron chi connectivity index (χ1n) is 11.0. The summed E-state index contributed by atoms with van der Waals surface area (Å²) in [7, 11) is 0. The number of benzene rings is 2. The molecule has 150 valence electrons. The van der Waals surface area contributed by atoms with Crippen LogP contribution in [-0.4, -0.2) is 9.55 Å². The lowest BCUT2D eigenvalue weighted by molar-refractivity contribution is 0.541. The van der Waals surface area contributed by atoms with Crippen molar-refractivity contribution in [1.82, 2.24) is 9.55 Å². The minimum absolute atomic E-state index is 0.759. The minimum Gasteiger partial charge on any atom is -0.378 e. The van der Waals surface area contributed by atoms with Crippen molar-refractivity contribution in [2.75, 3.05) is 5.32 Å². The monoisotopic (exact) mass is 377 g/mol. The van der Waals surface area contributed by atoms with Crippen molar-refractivity contribution in [2.45, 2.75) is 78.3 Å². The van der Waals surface area contributed by atoms with E-state index >= 15 is 0 Å². The van der Waals surface area contributed by atoms with E-state index in [4.69, 9.17) is 4.98 Å². The Morgan fingerprint density at radius 1 is 0.821 bits per heavy atom. The van der Waals surface area contributed by atoms with E-state index in [1.807, 2.05) is 0 Å². The first-order chi connectivity index (χ1) is 13.8. The number of aromatic nitrogens is 2. The van der Waals surface area contributed by atoms with Crippen LogP contribution in [0.3, 0.4) is 0 Å². The van der Waals surface area contributed by atoms with E-state index in [0.717, 1.165) is 30.1 Å². The van der Waals surface area contributed by atoms with Gasteiger partial charge in [0, 0.05) is 12.2 Å². The van der Waals surface area contributed by atoms with Crippen LogP contribution in [0.5, 0.6) is 0 Å². The Bertz CT molecular complexity index is 833. The summed E-state index contributed by atoms with van der Waals surface area (Å²) in [6, 6.07) is 17.1. The summed E-state index contributed by atoms with van der Waals surface area (Å²) in [6.45, 7) is 6.21. The van der Waals surface area contributed by atoms with Crippen LogP contribution in [0.2, 0.25) is 0 Å². The Morgan fingerprint density at radius 3 is 2.25 bits per heavy atom. The number of rotatable bonds is 12. The fourth-order valence-electron chi connectivity index (χ4n) is 3.77. The summed E-state index contributed by atoms with van der Waals surface area (Å²) in [5, 5.41) is 3.54. The summed E-state index contributed by atoms with van der Waals surface area (Å²) in [5.74, 6) is 1.13. The van der Waals surface area contributed by atoms with Crippen LogP contribution in [0.1, 0.15) is 69.7 Å². The number of nitrogens with one attached hydrogen (secondary N) is 1. The van der Waals surface area contributed by atoms with Crippen molar-refractivity contribution in [3.05, 3.63) is 59.9 Å². The van der Waals surface area contributed by atoms with E-state index in [9.17, 15) is 0 Å². The van der Waals surface area contributed by atoms with Crippen LogP contribution in [0.4, 0.5) is 5.69 Å². The second-order valence-electron chi connectivity index (χ2n) is 7.86. The number of nitrogens with zero attached hydrogens (tertiary/aromatic N) is 2. The lowest BCUT2D eigenvalue weighted by atomic mass is 10.1. The minimum atomic E-state index is 0.759. The molecule has 0 aliphatic rings. The highest BCUT2D eigenvalue weighted by Gasteiger charge is 2.10. The van der Waals surface area contributed by atoms with Gasteiger partial charge in [-0.25, -0.2) is 4.98 Å². The zero-order valence-corrected chi connectivity index (χ0v) is 17.6. The maximum absolute atomic E-state index is 4.89. The number of aryl methyl sites for hydroxylation is 2. The van der Waals surface area contributed by atoms with Gasteiger partial charge in [-0.05, 0) is 37.6 Å². The Morgan fingerprint density at radius 2 is 1.50 bits per heavy atom. The van der Waals surface area contributed by atoms with Crippen molar-refractivity contribution >= 4 is 16.7 Å². The second-order valence-corrected chi connectivity index (χ2v) is 7.86. The molecule has 1 heterocycles. The molecule has 3 nitrogen and oxygen atoms in total. The summed E-state index contributed by atoms with van der Waals surface area (Å²) in [5.41, 5.74) is 4.79. The van der Waals surface area contributed by atoms with Crippen LogP contribution in [0.25, 0.3) is 11.0 Å². The topological polar surface area (TPSA) is 29.9 Å². The molecule has 0 atom stereocenters. The first kappa shape index (κ1) is 20.4. The van der Waals surface area contributed by atoms with Gasteiger partial charge >= 0.3 is 0 Å². The van der Waals surface area contributed by atoms with Gasteiger partial charge in [0.2, 0.25) is 0 Å². The molecule has 1 N–H and O–H groups in total. The highest BCUT2D eigenvalue weighted by atomic mass is 15.1. The van der Waals surface area contributed by atoms with Crippen molar-refractivity contribution in [3.63, 3.8) is 0 Å². The van der Waals surface area contributed by atoms with Gasteiger partial charge < -0.3 is 9.88 Å². The molecule has 3 rings (SSSR count). The number of imidazole rings is 1. The smallest absolute Gasteiger partial charge is 0.129 e. The number of para-hydroxylation sites is 2. The quantitative estimate of drug-likeness (QED) is 0.341. The molecule has 0 saturated carbocycles. The van der Waals surface area contributed by atoms with Crippen LogP contribution < -0.4 is 5.32 Å². The molecule has 0 spiro atoms. The lowest BCUT2D eigenvalue weighted by Crippen LogP contribution is -2.09. The van der Waals surface area contributed by atoms with Gasteiger partial charge in [0.05, 0.1) is 17.6 Å². The van der Waals surface area contributed by atoms with Crippen LogP contribution >= 0.6 is 0 Å². The number of anilines is 1. The maximum Gasteiger partial charge on any atom is 0.129 e. The van der Waals surface area contributed by atoms with Gasteiger partial charge in [0.1, 0.15) is 5.82 Å². The molecule has 0 fully saturated rings. The molecule has 3 aromatic rings. The molecule has 0 radical (unpaired) electrons. The van der Waals surface area contributed by atoms with Gasteiger partial charge in [0.15, 0.2) is 0 Å². The number of fused-ring (bicyclic) bond motifs is 1. The molecule has 0 amide bonds. The van der Waals surface area contributed by atoms with Gasteiger partial charge in [-0.15, -0.1) is 0 Å². The van der Waals surface area contributed by atoms with Crippen LogP contribution in [0.15, 0.2) is 48.5 Å². The molecule has 3 heteroatoms. The van der Waals surface area contributed by atoms with Crippen molar-refractivity contribution in [1.29, 1.82) is 0 Å². The third kappa shape index (κ3) is 5.85. The van der Waals surface area contributed by atoms with E-state index in [-0.39, 0.29) is 0 Å². The van der Waals surface area contributed by atoms with Crippen LogP contribution in [-0.2, 0) is 13.1 Å². The Kier molecular flexibility index (Phi) is 7.95. The fourth-order valence-corrected chi connectivity index (χ4v) is 3.77. The van der Waals surface area contributed by atoms with Gasteiger partial charge in [-0.2, -0.15) is 0 Å². The molecular formula is C25H35N3. The first-order valence-corrected chi connectivity index (χ1v) is 11.0. The number of hydrogen-bond acceptors (Lipinski definition) is 2. The fraction of sp³-hybridized carbons (Fsp3) is 0.480. The molecule has 0 unspecified atom stereocenters. The highest BCUT2D eigenvalue weighted by Crippen LogP contribution is 2.19. The zero-order chi connectivity index (χ0) is 19.6. The predicted molar refractivity (Wildman–Crippen MR) is 121 cm³/mol. The number of unbranched alkanes of at least 4 members (excludes halogenated alkanes) is 7. The van der Waals surface area contributed by atoms with Crippen LogP contribution in [0, 0.1) is 6.92 Å². The average molecular weight is 378 g/mol. The highest BCUT2D eigenvalue weighted by molar-refractivity contribution is 5.76. The third-order valence-corrected chi connectivity index (χ3v) is 5.47. The molecule has 0 bridgehead atoms. The Balaban J connectivity index is 1.57. The van der Waals surface area contributed by atoms with E-state index in [0.29, 0.717) is 0 Å². The molecule has 1 aromatic heterocycles. The lowest BCUT2D eigenvalue weighted by Gasteiger charge is -2.11. The summed E-state index contributed by atoms with van der Waals surface area (Å²) < 4.78 is 2.41. The normalized spacial score (nSPS) is 11.2. The molecule has 0 saturated heterocycles. The Labute approximate surface area is 170 Å². The van der Waals surface area contributed by atoms with Gasteiger partial charge in [0.25, 0.3) is 0 Å². The summed E-state index contributed by atoms with van der Waals surface area (Å²) in [6.07, 6.45) is 10.8. The molecular weight excluding hydrogens is 342 g/mol. The molecule has 28 heavy (non-hydrogen) atoms. The van der Waals surface area contributed by atoms with Crippen molar-refractivity contribution in [2.24, 2.45) is 0 Å². The number of hydrogen-bond donors (Lipinski definition) is 1. The van der Waals surface area contributed by atoms with E-state index in [1.54, 1.807) is 0 Å². The van der Waals surface area contributed by atoms with Crippen molar-refractivity contribution in [3.8, 4) is 0 Å². The third-order valence-electron chi connectivity index (χ3n) is 5.47. The maximum atomic E-state index is 4.89. The summed E-state index contributed by atoms with van der Waals surface area (Å²) in [4.78, 5) is 4.89. The summed E-state index contributed by atoms with van der Waals surface area (Å²) >= 11 is 0. The van der Waals surface area contributed by atoms with E-state index in [2.05, 4.69) is 72.3 Å². The van der Waals surface area contributed by atoms with Crippen molar-refractivity contribution < 1.29 is 0 Å². The standard InChI is InChI=1S/C25H35N3/c1-3-4-5-6-7-8-9-12-19-28-24-14-11-10-13-23(24)27-25(28)20-26-22-17-15-21(2)16-18-22/h10-11,13-18,26H,3-9,12,19-20H2,1-2H3. The SMILES string of the molecule is CCCCCCCCCCn1c(CNc2ccc(C)cc2)nc2ccccc21. The largest absolute Gasteiger partial charge is 0.378 e. The van der Waals surface area contributed by atoms with Gasteiger partial charge in [-0.1, -0.05) is 81.7 Å². The zero-order valence-electron chi connectivity index (χ0n) is 17.6. The second kappa shape index (κ2) is 10.9. The molecule has 2 aromatic carbocycles. The average Bonchev–Trinajstić information content (AvgIpc) is 3.07. The molecule has 0 aliphatic heterocycles. The molecule has 0 aliphatic carbocycles.